The van der Waals surface area contributed by atoms with Crippen LogP contribution < -0.4 is 9.47 Å². The summed E-state index contributed by atoms with van der Waals surface area (Å²) in [5, 5.41) is 0. The molecule has 2 aromatic rings. The van der Waals surface area contributed by atoms with E-state index in [2.05, 4.69) is 31.2 Å². The minimum atomic E-state index is 0.463. The fourth-order valence-electron chi connectivity index (χ4n) is 1.76. The summed E-state index contributed by atoms with van der Waals surface area (Å²) in [5.41, 5.74) is 3.38. The molecule has 0 spiro atoms. The lowest BCUT2D eigenvalue weighted by atomic mass is 10.2. The largest absolute Gasteiger partial charge is 0.493 e. The smallest absolute Gasteiger partial charge is 0.161 e. The molecule has 0 atom stereocenters. The second-order valence-electron chi connectivity index (χ2n) is 4.39. The first kappa shape index (κ1) is 13.8. The Hall–Kier alpha value is -1.67. The molecule has 2 rings (SSSR count). The van der Waals surface area contributed by atoms with Gasteiger partial charge >= 0.3 is 0 Å². The van der Waals surface area contributed by atoms with Gasteiger partial charge in [-0.15, -0.1) is 11.6 Å². The van der Waals surface area contributed by atoms with Crippen molar-refractivity contribution in [2.75, 3.05) is 7.11 Å². The van der Waals surface area contributed by atoms with Gasteiger partial charge in [0.05, 0.1) is 7.11 Å². The minimum Gasteiger partial charge on any atom is -0.493 e. The summed E-state index contributed by atoms with van der Waals surface area (Å²) in [6.45, 7) is 2.58. The molecule has 100 valence electrons. The van der Waals surface area contributed by atoms with Gasteiger partial charge in [0.1, 0.15) is 6.61 Å². The van der Waals surface area contributed by atoms with E-state index in [0.29, 0.717) is 12.5 Å². The number of hydrogen-bond acceptors (Lipinski definition) is 2. The molecular weight excluding hydrogens is 260 g/mol. The Balaban J connectivity index is 2.11. The molecule has 2 nitrogen and oxygen atoms in total. The highest BCUT2D eigenvalue weighted by molar-refractivity contribution is 6.17. The molecule has 0 amide bonds. The Morgan fingerprint density at radius 3 is 2.26 bits per heavy atom. The number of ether oxygens (including phenoxy) is 2. The summed E-state index contributed by atoms with van der Waals surface area (Å²) in [6, 6.07) is 14.0. The molecule has 0 N–H and O–H groups in total. The van der Waals surface area contributed by atoms with Crippen molar-refractivity contribution < 1.29 is 9.47 Å². The van der Waals surface area contributed by atoms with Crippen LogP contribution in [0.3, 0.4) is 0 Å². The van der Waals surface area contributed by atoms with Gasteiger partial charge in [-0.1, -0.05) is 35.9 Å². The summed E-state index contributed by atoms with van der Waals surface area (Å²) in [4.78, 5) is 0. The van der Waals surface area contributed by atoms with Crippen molar-refractivity contribution in [3.05, 3.63) is 59.2 Å². The lowest BCUT2D eigenvalue weighted by Crippen LogP contribution is -1.98. The van der Waals surface area contributed by atoms with Crippen LogP contribution in [0, 0.1) is 6.92 Å². The van der Waals surface area contributed by atoms with Crippen LogP contribution in [0.15, 0.2) is 42.5 Å². The number of methoxy groups -OCH3 is 1. The van der Waals surface area contributed by atoms with E-state index in [1.165, 1.54) is 5.56 Å². The van der Waals surface area contributed by atoms with E-state index in [1.807, 2.05) is 18.2 Å². The number of benzene rings is 2. The Morgan fingerprint density at radius 1 is 0.947 bits per heavy atom. The van der Waals surface area contributed by atoms with E-state index in [1.54, 1.807) is 7.11 Å². The third-order valence-electron chi connectivity index (χ3n) is 2.90. The van der Waals surface area contributed by atoms with Gasteiger partial charge in [-0.2, -0.15) is 0 Å². The summed E-state index contributed by atoms with van der Waals surface area (Å²) in [7, 11) is 1.63. The normalized spacial score (nSPS) is 10.3. The van der Waals surface area contributed by atoms with Crippen LogP contribution >= 0.6 is 11.6 Å². The third kappa shape index (κ3) is 3.65. The fraction of sp³-hybridized carbons (Fsp3) is 0.250. The zero-order valence-corrected chi connectivity index (χ0v) is 11.9. The Bertz CT molecular complexity index is 535. The van der Waals surface area contributed by atoms with E-state index >= 15 is 0 Å². The molecule has 0 bridgehead atoms. The molecule has 19 heavy (non-hydrogen) atoms. The zero-order valence-electron chi connectivity index (χ0n) is 11.2. The molecule has 0 aliphatic heterocycles. The van der Waals surface area contributed by atoms with Crippen molar-refractivity contribution in [2.24, 2.45) is 0 Å². The average Bonchev–Trinajstić information content (AvgIpc) is 2.46. The van der Waals surface area contributed by atoms with Gasteiger partial charge in [0, 0.05) is 5.88 Å². The van der Waals surface area contributed by atoms with Gasteiger partial charge in [-0.05, 0) is 30.2 Å². The highest BCUT2D eigenvalue weighted by Gasteiger charge is 2.06. The van der Waals surface area contributed by atoms with Crippen LogP contribution in [0.2, 0.25) is 0 Å². The van der Waals surface area contributed by atoms with Gasteiger partial charge in [0.2, 0.25) is 0 Å². The van der Waals surface area contributed by atoms with Crippen LogP contribution in [0.5, 0.6) is 11.5 Å². The lowest BCUT2D eigenvalue weighted by Gasteiger charge is -2.12. The van der Waals surface area contributed by atoms with Crippen molar-refractivity contribution >= 4 is 11.6 Å². The number of halogens is 1. The van der Waals surface area contributed by atoms with Crippen molar-refractivity contribution in [1.29, 1.82) is 0 Å². The standard InChI is InChI=1S/C16H17ClO2/c1-12-3-5-13(6-4-12)11-19-16-9-14(10-17)7-8-15(16)18-2/h3-9H,10-11H2,1-2H3. The highest BCUT2D eigenvalue weighted by atomic mass is 35.5. The predicted octanol–water partition coefficient (Wildman–Crippen LogP) is 4.32. The van der Waals surface area contributed by atoms with Crippen LogP contribution in [0.1, 0.15) is 16.7 Å². The number of rotatable bonds is 5. The Labute approximate surface area is 118 Å². The van der Waals surface area contributed by atoms with E-state index in [0.717, 1.165) is 22.6 Å². The number of aryl methyl sites for hydroxylation is 1. The molecule has 0 aromatic heterocycles. The van der Waals surface area contributed by atoms with E-state index in [9.17, 15) is 0 Å². The maximum Gasteiger partial charge on any atom is 0.161 e. The molecule has 0 radical (unpaired) electrons. The van der Waals surface area contributed by atoms with Gasteiger partial charge in [-0.3, -0.25) is 0 Å². The summed E-state index contributed by atoms with van der Waals surface area (Å²) >= 11 is 5.83. The second-order valence-corrected chi connectivity index (χ2v) is 4.66. The van der Waals surface area contributed by atoms with Gasteiger partial charge in [0.25, 0.3) is 0 Å². The molecule has 3 heteroatoms. The lowest BCUT2D eigenvalue weighted by molar-refractivity contribution is 0.284. The molecule has 0 fully saturated rings. The Kier molecular flexibility index (Phi) is 4.69. The first-order valence-corrected chi connectivity index (χ1v) is 6.67. The van der Waals surface area contributed by atoms with Crippen LogP contribution in [-0.2, 0) is 12.5 Å². The Morgan fingerprint density at radius 2 is 1.63 bits per heavy atom. The van der Waals surface area contributed by atoms with Gasteiger partial charge < -0.3 is 9.47 Å². The molecule has 0 aliphatic carbocycles. The average molecular weight is 277 g/mol. The number of alkyl halides is 1. The van der Waals surface area contributed by atoms with Crippen molar-refractivity contribution in [1.82, 2.24) is 0 Å². The molecule has 0 saturated heterocycles. The van der Waals surface area contributed by atoms with Crippen molar-refractivity contribution in [3.63, 3.8) is 0 Å². The van der Waals surface area contributed by atoms with E-state index in [4.69, 9.17) is 21.1 Å². The quantitative estimate of drug-likeness (QED) is 0.757. The van der Waals surface area contributed by atoms with Gasteiger partial charge in [-0.25, -0.2) is 0 Å². The summed E-state index contributed by atoms with van der Waals surface area (Å²) < 4.78 is 11.1. The summed E-state index contributed by atoms with van der Waals surface area (Å²) in [5.74, 6) is 1.91. The van der Waals surface area contributed by atoms with Crippen molar-refractivity contribution in [2.45, 2.75) is 19.4 Å². The molecular formula is C16H17ClO2. The first-order valence-electron chi connectivity index (χ1n) is 6.14. The summed E-state index contributed by atoms with van der Waals surface area (Å²) in [6.07, 6.45) is 0. The maximum atomic E-state index is 5.83. The molecule has 0 heterocycles. The maximum absolute atomic E-state index is 5.83. The zero-order chi connectivity index (χ0) is 13.7. The minimum absolute atomic E-state index is 0.463. The highest BCUT2D eigenvalue weighted by Crippen LogP contribution is 2.29. The van der Waals surface area contributed by atoms with Crippen LogP contribution in [-0.4, -0.2) is 7.11 Å². The molecule has 2 aromatic carbocycles. The number of hydrogen-bond donors (Lipinski definition) is 0. The molecule has 0 unspecified atom stereocenters. The predicted molar refractivity (Wildman–Crippen MR) is 78.1 cm³/mol. The van der Waals surface area contributed by atoms with Gasteiger partial charge in [0.15, 0.2) is 11.5 Å². The van der Waals surface area contributed by atoms with Crippen LogP contribution in [0.25, 0.3) is 0 Å². The molecule has 0 saturated carbocycles. The molecule has 0 aliphatic rings. The van der Waals surface area contributed by atoms with Crippen molar-refractivity contribution in [3.8, 4) is 11.5 Å². The fourth-order valence-corrected chi connectivity index (χ4v) is 1.93. The van der Waals surface area contributed by atoms with Crippen LogP contribution in [0.4, 0.5) is 0 Å². The first-order chi connectivity index (χ1) is 9.22. The SMILES string of the molecule is COc1ccc(CCl)cc1OCc1ccc(C)cc1. The second kappa shape index (κ2) is 6.48. The monoisotopic (exact) mass is 276 g/mol. The van der Waals surface area contributed by atoms with E-state index < -0.39 is 0 Å². The van der Waals surface area contributed by atoms with E-state index in [-0.39, 0.29) is 0 Å². The third-order valence-corrected chi connectivity index (χ3v) is 3.21. The topological polar surface area (TPSA) is 18.5 Å².